The summed E-state index contributed by atoms with van der Waals surface area (Å²) >= 11 is 10.4. The van der Waals surface area contributed by atoms with Crippen molar-refractivity contribution in [1.82, 2.24) is 10.2 Å². The summed E-state index contributed by atoms with van der Waals surface area (Å²) in [6.45, 7) is -0.441. The van der Waals surface area contributed by atoms with E-state index < -0.39 is 24.0 Å². The van der Waals surface area contributed by atoms with Gasteiger partial charge in [-0.15, -0.1) is 23.4 Å². The standard InChI is InChI=1S/C18H13BrClF4N3O3S/c19-9-1-8(2-11(3-9)30-18(22,23)24)16-26-27-17(31-16)12-4-14(21)15(5-13(12)20)29-7-10(25)6-28/h1-5,10,28H,6-7,25H2. The van der Waals surface area contributed by atoms with Crippen LogP contribution in [0, 0.1) is 5.82 Å². The van der Waals surface area contributed by atoms with Crippen molar-refractivity contribution in [2.24, 2.45) is 5.73 Å². The topological polar surface area (TPSA) is 90.5 Å². The zero-order valence-electron chi connectivity index (χ0n) is 15.3. The summed E-state index contributed by atoms with van der Waals surface area (Å²) in [5.41, 5.74) is 6.06. The Hall–Kier alpha value is -1.99. The molecule has 0 radical (unpaired) electrons. The van der Waals surface area contributed by atoms with Gasteiger partial charge in [-0.25, -0.2) is 4.39 Å². The van der Waals surface area contributed by atoms with Crippen LogP contribution in [0.15, 0.2) is 34.8 Å². The van der Waals surface area contributed by atoms with Gasteiger partial charge in [0, 0.05) is 21.7 Å². The number of aromatic nitrogens is 2. The van der Waals surface area contributed by atoms with Crippen molar-refractivity contribution in [2.75, 3.05) is 13.2 Å². The van der Waals surface area contributed by atoms with Crippen LogP contribution in [-0.4, -0.2) is 40.9 Å². The molecule has 3 N–H and O–H groups in total. The lowest BCUT2D eigenvalue weighted by Gasteiger charge is -2.12. The van der Waals surface area contributed by atoms with E-state index in [1.54, 1.807) is 0 Å². The molecule has 0 saturated carbocycles. The Labute approximate surface area is 190 Å². The second-order valence-electron chi connectivity index (χ2n) is 6.15. The fraction of sp³-hybridized carbons (Fsp3) is 0.222. The second-order valence-corrected chi connectivity index (χ2v) is 8.45. The number of halogens is 6. The lowest BCUT2D eigenvalue weighted by atomic mass is 10.2. The highest BCUT2D eigenvalue weighted by Crippen LogP contribution is 2.39. The molecule has 0 fully saturated rings. The average Bonchev–Trinajstić information content (AvgIpc) is 3.16. The van der Waals surface area contributed by atoms with Crippen LogP contribution < -0.4 is 15.2 Å². The number of nitrogens with zero attached hydrogens (tertiary/aromatic N) is 2. The number of benzene rings is 2. The van der Waals surface area contributed by atoms with Crippen molar-refractivity contribution >= 4 is 38.9 Å². The first-order chi connectivity index (χ1) is 14.6. The number of nitrogens with two attached hydrogens (primary N) is 1. The summed E-state index contributed by atoms with van der Waals surface area (Å²) in [7, 11) is 0. The molecule has 0 saturated heterocycles. The summed E-state index contributed by atoms with van der Waals surface area (Å²) in [5, 5.41) is 17.5. The molecule has 1 heterocycles. The monoisotopic (exact) mass is 541 g/mol. The third-order valence-corrected chi connectivity index (χ3v) is 5.49. The lowest BCUT2D eigenvalue weighted by Crippen LogP contribution is -2.31. The van der Waals surface area contributed by atoms with Crippen molar-refractivity contribution in [1.29, 1.82) is 0 Å². The van der Waals surface area contributed by atoms with Crippen molar-refractivity contribution < 1.29 is 32.1 Å². The molecule has 166 valence electrons. The summed E-state index contributed by atoms with van der Waals surface area (Å²) in [6, 6.07) is 5.52. The number of ether oxygens (including phenoxy) is 2. The van der Waals surface area contributed by atoms with Crippen LogP contribution in [0.25, 0.3) is 21.1 Å². The minimum Gasteiger partial charge on any atom is -0.489 e. The molecule has 0 spiro atoms. The Balaban J connectivity index is 1.88. The van der Waals surface area contributed by atoms with Gasteiger partial charge < -0.3 is 20.3 Å². The van der Waals surface area contributed by atoms with Gasteiger partial charge in [0.05, 0.1) is 17.7 Å². The number of rotatable bonds is 7. The van der Waals surface area contributed by atoms with Crippen LogP contribution in [0.1, 0.15) is 0 Å². The number of aliphatic hydroxyl groups is 1. The van der Waals surface area contributed by atoms with E-state index in [4.69, 9.17) is 27.2 Å². The number of alkyl halides is 3. The van der Waals surface area contributed by atoms with Gasteiger partial charge in [-0.1, -0.05) is 38.9 Å². The Morgan fingerprint density at radius 3 is 2.55 bits per heavy atom. The molecular weight excluding hydrogens is 530 g/mol. The smallest absolute Gasteiger partial charge is 0.489 e. The van der Waals surface area contributed by atoms with E-state index in [-0.39, 0.29) is 39.6 Å². The van der Waals surface area contributed by atoms with Crippen LogP contribution in [0.4, 0.5) is 17.6 Å². The summed E-state index contributed by atoms with van der Waals surface area (Å²) in [4.78, 5) is 0. The fourth-order valence-electron chi connectivity index (χ4n) is 2.38. The maximum absolute atomic E-state index is 14.4. The molecule has 0 amide bonds. The van der Waals surface area contributed by atoms with Gasteiger partial charge in [0.2, 0.25) is 0 Å². The molecule has 3 aromatic rings. The third kappa shape index (κ3) is 6.26. The highest BCUT2D eigenvalue weighted by molar-refractivity contribution is 9.10. The molecule has 13 heteroatoms. The molecule has 6 nitrogen and oxygen atoms in total. The molecule has 31 heavy (non-hydrogen) atoms. The number of hydrogen-bond acceptors (Lipinski definition) is 7. The average molecular weight is 543 g/mol. The van der Waals surface area contributed by atoms with Crippen LogP contribution in [-0.2, 0) is 0 Å². The quantitative estimate of drug-likeness (QED) is 0.407. The maximum atomic E-state index is 14.4. The SMILES string of the molecule is NC(CO)COc1cc(Cl)c(-c2nnc(-c3cc(Br)cc(OC(F)(F)F)c3)s2)cc1F. The van der Waals surface area contributed by atoms with Gasteiger partial charge in [0.15, 0.2) is 11.6 Å². The Morgan fingerprint density at radius 2 is 1.87 bits per heavy atom. The second kappa shape index (κ2) is 9.65. The molecule has 1 unspecified atom stereocenters. The molecule has 3 rings (SSSR count). The summed E-state index contributed by atoms with van der Waals surface area (Å²) < 4.78 is 61.5. The first-order valence-corrected chi connectivity index (χ1v) is 10.4. The minimum atomic E-state index is -4.85. The zero-order valence-corrected chi connectivity index (χ0v) is 18.4. The fourth-order valence-corrected chi connectivity index (χ4v) is 4.01. The largest absolute Gasteiger partial charge is 0.573 e. The van der Waals surface area contributed by atoms with Gasteiger partial charge in [-0.2, -0.15) is 0 Å². The highest BCUT2D eigenvalue weighted by Gasteiger charge is 2.31. The van der Waals surface area contributed by atoms with Crippen LogP contribution in [0.5, 0.6) is 11.5 Å². The van der Waals surface area contributed by atoms with Crippen molar-refractivity contribution in [3.05, 3.63) is 45.6 Å². The van der Waals surface area contributed by atoms with Crippen molar-refractivity contribution in [3.8, 4) is 32.6 Å². The molecule has 0 aliphatic carbocycles. The van der Waals surface area contributed by atoms with E-state index in [1.807, 2.05) is 0 Å². The molecule has 0 aliphatic heterocycles. The third-order valence-electron chi connectivity index (χ3n) is 3.72. The first-order valence-electron chi connectivity index (χ1n) is 8.44. The zero-order chi connectivity index (χ0) is 22.8. The Kier molecular flexibility index (Phi) is 7.37. The van der Waals surface area contributed by atoms with E-state index >= 15 is 0 Å². The maximum Gasteiger partial charge on any atom is 0.573 e. The number of hydrogen-bond donors (Lipinski definition) is 2. The van der Waals surface area contributed by atoms with E-state index in [1.165, 1.54) is 12.1 Å². The molecule has 1 atom stereocenters. The van der Waals surface area contributed by atoms with Crippen LogP contribution in [0.2, 0.25) is 5.02 Å². The van der Waals surface area contributed by atoms with Gasteiger partial charge in [-0.05, 0) is 24.3 Å². The molecule has 0 aliphatic rings. The summed E-state index contributed by atoms with van der Waals surface area (Å²) in [5.74, 6) is -1.31. The first kappa shape index (κ1) is 23.7. The molecule has 1 aromatic heterocycles. The van der Waals surface area contributed by atoms with E-state index in [2.05, 4.69) is 30.9 Å². The lowest BCUT2D eigenvalue weighted by molar-refractivity contribution is -0.274. The molecule has 0 bridgehead atoms. The molecular formula is C18H13BrClF4N3O3S. The van der Waals surface area contributed by atoms with Crippen molar-refractivity contribution in [3.63, 3.8) is 0 Å². The predicted octanol–water partition coefficient (Wildman–Crippen LogP) is 5.02. The number of aliphatic hydroxyl groups excluding tert-OH is 1. The highest BCUT2D eigenvalue weighted by atomic mass is 79.9. The van der Waals surface area contributed by atoms with Gasteiger partial charge in [0.1, 0.15) is 22.4 Å². The van der Waals surface area contributed by atoms with Gasteiger partial charge in [0.25, 0.3) is 0 Å². The summed E-state index contributed by atoms with van der Waals surface area (Å²) in [6.07, 6.45) is -4.85. The normalized spacial score (nSPS) is 12.6. The van der Waals surface area contributed by atoms with E-state index in [0.29, 0.717) is 10.0 Å². The Bertz CT molecular complexity index is 1080. The predicted molar refractivity (Wildman–Crippen MR) is 111 cm³/mol. The van der Waals surface area contributed by atoms with Gasteiger partial charge in [-0.3, -0.25) is 0 Å². The van der Waals surface area contributed by atoms with Crippen LogP contribution >= 0.6 is 38.9 Å². The van der Waals surface area contributed by atoms with Gasteiger partial charge >= 0.3 is 6.36 Å². The molecule has 2 aromatic carbocycles. The van der Waals surface area contributed by atoms with E-state index in [9.17, 15) is 17.6 Å². The van der Waals surface area contributed by atoms with E-state index in [0.717, 1.165) is 29.5 Å². The minimum absolute atomic E-state index is 0.114. The Morgan fingerprint density at radius 1 is 1.16 bits per heavy atom. The van der Waals surface area contributed by atoms with Crippen molar-refractivity contribution in [2.45, 2.75) is 12.4 Å². The van der Waals surface area contributed by atoms with Crippen LogP contribution in [0.3, 0.4) is 0 Å².